The molecule has 5 heteroatoms. The highest BCUT2D eigenvalue weighted by Crippen LogP contribution is 2.20. The Balaban J connectivity index is 2.31. The minimum absolute atomic E-state index is 0.0146. The fourth-order valence-electron chi connectivity index (χ4n) is 1.51. The van der Waals surface area contributed by atoms with Gasteiger partial charge in [0.1, 0.15) is 0 Å². The van der Waals surface area contributed by atoms with E-state index in [1.165, 1.54) is 12.1 Å². The zero-order valence-electron chi connectivity index (χ0n) is 8.38. The SMILES string of the molecule is O=C1OCC/C1=C/c1cccc([N+](=O)[O-])c1. The molecule has 0 N–H and O–H groups in total. The van der Waals surface area contributed by atoms with Gasteiger partial charge in [0.2, 0.25) is 0 Å². The van der Waals surface area contributed by atoms with E-state index in [1.807, 2.05) is 0 Å². The molecule has 1 aromatic carbocycles. The first-order chi connectivity index (χ1) is 7.66. The van der Waals surface area contributed by atoms with E-state index in [4.69, 9.17) is 4.74 Å². The number of esters is 1. The fourth-order valence-corrected chi connectivity index (χ4v) is 1.51. The van der Waals surface area contributed by atoms with E-state index in [2.05, 4.69) is 0 Å². The largest absolute Gasteiger partial charge is 0.462 e. The zero-order chi connectivity index (χ0) is 11.5. The van der Waals surface area contributed by atoms with Gasteiger partial charge in [0.25, 0.3) is 5.69 Å². The summed E-state index contributed by atoms with van der Waals surface area (Å²) < 4.78 is 4.77. The minimum atomic E-state index is -0.463. The number of hydrogen-bond donors (Lipinski definition) is 0. The molecule has 0 aliphatic carbocycles. The number of nitro groups is 1. The van der Waals surface area contributed by atoms with Gasteiger partial charge in [0.15, 0.2) is 0 Å². The molecule has 0 aromatic heterocycles. The van der Waals surface area contributed by atoms with Gasteiger partial charge in [-0.2, -0.15) is 0 Å². The predicted octanol–water partition coefficient (Wildman–Crippen LogP) is 1.93. The molecule has 1 fully saturated rings. The van der Waals surface area contributed by atoms with E-state index >= 15 is 0 Å². The Kier molecular flexibility index (Phi) is 2.68. The van der Waals surface area contributed by atoms with Crippen molar-refractivity contribution in [2.24, 2.45) is 0 Å². The number of rotatable bonds is 2. The smallest absolute Gasteiger partial charge is 0.334 e. The summed E-state index contributed by atoms with van der Waals surface area (Å²) in [6, 6.07) is 6.14. The highest BCUT2D eigenvalue weighted by atomic mass is 16.6. The second kappa shape index (κ2) is 4.14. The molecule has 0 radical (unpaired) electrons. The fraction of sp³-hybridized carbons (Fsp3) is 0.182. The monoisotopic (exact) mass is 219 g/mol. The summed E-state index contributed by atoms with van der Waals surface area (Å²) in [6.07, 6.45) is 2.18. The quantitative estimate of drug-likeness (QED) is 0.330. The van der Waals surface area contributed by atoms with Gasteiger partial charge >= 0.3 is 5.97 Å². The van der Waals surface area contributed by atoms with Crippen molar-refractivity contribution in [1.82, 2.24) is 0 Å². The lowest BCUT2D eigenvalue weighted by molar-refractivity contribution is -0.384. The number of carbonyl (C=O) groups excluding carboxylic acids is 1. The van der Waals surface area contributed by atoms with E-state index < -0.39 is 4.92 Å². The molecule has 82 valence electrons. The van der Waals surface area contributed by atoms with Crippen molar-refractivity contribution in [3.63, 3.8) is 0 Å². The van der Waals surface area contributed by atoms with Crippen LogP contribution in [0.2, 0.25) is 0 Å². The molecule has 0 atom stereocenters. The van der Waals surface area contributed by atoms with Crippen LogP contribution in [0.4, 0.5) is 5.69 Å². The molecule has 1 aliphatic rings. The number of non-ortho nitro benzene ring substituents is 1. The summed E-state index contributed by atoms with van der Waals surface area (Å²) in [7, 11) is 0. The van der Waals surface area contributed by atoms with Gasteiger partial charge in [-0.3, -0.25) is 10.1 Å². The van der Waals surface area contributed by atoms with Gasteiger partial charge in [0, 0.05) is 24.1 Å². The van der Waals surface area contributed by atoms with Crippen LogP contribution >= 0.6 is 0 Å². The van der Waals surface area contributed by atoms with Crippen LogP contribution in [0.3, 0.4) is 0 Å². The Morgan fingerprint density at radius 3 is 2.88 bits per heavy atom. The summed E-state index contributed by atoms with van der Waals surface area (Å²) in [6.45, 7) is 0.388. The molecule has 0 amide bonds. The molecule has 0 bridgehead atoms. The molecule has 16 heavy (non-hydrogen) atoms. The zero-order valence-corrected chi connectivity index (χ0v) is 8.38. The van der Waals surface area contributed by atoms with Gasteiger partial charge in [-0.15, -0.1) is 0 Å². The van der Waals surface area contributed by atoms with Crippen LogP contribution in [0.25, 0.3) is 6.08 Å². The van der Waals surface area contributed by atoms with E-state index in [0.717, 1.165) is 0 Å². The topological polar surface area (TPSA) is 69.4 Å². The summed E-state index contributed by atoms with van der Waals surface area (Å²) in [5, 5.41) is 10.5. The molecule has 1 aliphatic heterocycles. The van der Waals surface area contributed by atoms with Gasteiger partial charge in [0.05, 0.1) is 11.5 Å². The lowest BCUT2D eigenvalue weighted by Crippen LogP contribution is -1.94. The van der Waals surface area contributed by atoms with Crippen LogP contribution in [0, 0.1) is 10.1 Å². The molecule has 1 heterocycles. The van der Waals surface area contributed by atoms with Crippen molar-refractivity contribution in [1.29, 1.82) is 0 Å². The van der Waals surface area contributed by atoms with Crippen LogP contribution in [0.5, 0.6) is 0 Å². The number of benzene rings is 1. The Labute approximate surface area is 91.5 Å². The van der Waals surface area contributed by atoms with Crippen molar-refractivity contribution in [3.8, 4) is 0 Å². The van der Waals surface area contributed by atoms with E-state index in [0.29, 0.717) is 24.2 Å². The molecular formula is C11H9NO4. The van der Waals surface area contributed by atoms with Crippen LogP contribution in [-0.2, 0) is 9.53 Å². The third kappa shape index (κ3) is 2.08. The lowest BCUT2D eigenvalue weighted by Gasteiger charge is -1.95. The first kappa shape index (κ1) is 10.4. The van der Waals surface area contributed by atoms with Crippen molar-refractivity contribution in [2.75, 3.05) is 6.61 Å². The average Bonchev–Trinajstić information content (AvgIpc) is 2.65. The van der Waals surface area contributed by atoms with Gasteiger partial charge in [-0.1, -0.05) is 12.1 Å². The number of carbonyl (C=O) groups is 1. The number of hydrogen-bond acceptors (Lipinski definition) is 4. The summed E-state index contributed by atoms with van der Waals surface area (Å²) >= 11 is 0. The normalized spacial score (nSPS) is 17.5. The number of ether oxygens (including phenoxy) is 1. The molecule has 0 saturated carbocycles. The minimum Gasteiger partial charge on any atom is -0.462 e. The number of cyclic esters (lactones) is 1. The van der Waals surface area contributed by atoms with Crippen molar-refractivity contribution < 1.29 is 14.5 Å². The first-order valence-electron chi connectivity index (χ1n) is 4.79. The third-order valence-corrected chi connectivity index (χ3v) is 2.29. The molecule has 0 spiro atoms. The van der Waals surface area contributed by atoms with Gasteiger partial charge in [-0.25, -0.2) is 4.79 Å². The second-order valence-corrected chi connectivity index (χ2v) is 3.41. The highest BCUT2D eigenvalue weighted by molar-refractivity contribution is 5.95. The van der Waals surface area contributed by atoms with Crippen molar-refractivity contribution >= 4 is 17.7 Å². The maximum atomic E-state index is 11.2. The molecule has 2 rings (SSSR count). The van der Waals surface area contributed by atoms with Crippen LogP contribution in [0.1, 0.15) is 12.0 Å². The molecule has 1 aromatic rings. The van der Waals surface area contributed by atoms with Gasteiger partial charge in [-0.05, 0) is 11.6 Å². The number of nitrogens with zero attached hydrogens (tertiary/aromatic N) is 1. The predicted molar refractivity (Wildman–Crippen MR) is 56.6 cm³/mol. The standard InChI is InChI=1S/C11H9NO4/c13-11-9(4-5-16-11)6-8-2-1-3-10(7-8)12(14)15/h1-3,6-7H,4-5H2/b9-6-. The van der Waals surface area contributed by atoms with Gasteiger partial charge < -0.3 is 4.74 Å². The second-order valence-electron chi connectivity index (χ2n) is 3.41. The van der Waals surface area contributed by atoms with E-state index in [9.17, 15) is 14.9 Å². The van der Waals surface area contributed by atoms with E-state index in [1.54, 1.807) is 18.2 Å². The Bertz CT molecular complexity index is 479. The number of nitro benzene ring substituents is 1. The van der Waals surface area contributed by atoms with Crippen LogP contribution < -0.4 is 0 Å². The molecule has 1 saturated heterocycles. The lowest BCUT2D eigenvalue weighted by atomic mass is 10.1. The summed E-state index contributed by atoms with van der Waals surface area (Å²) in [4.78, 5) is 21.3. The first-order valence-corrected chi connectivity index (χ1v) is 4.79. The molecule has 0 unspecified atom stereocenters. The maximum Gasteiger partial charge on any atom is 0.334 e. The third-order valence-electron chi connectivity index (χ3n) is 2.29. The van der Waals surface area contributed by atoms with Crippen molar-refractivity contribution in [3.05, 3.63) is 45.5 Å². The van der Waals surface area contributed by atoms with Crippen LogP contribution in [-0.4, -0.2) is 17.5 Å². The molecular weight excluding hydrogens is 210 g/mol. The maximum absolute atomic E-state index is 11.2. The Morgan fingerprint density at radius 2 is 2.25 bits per heavy atom. The summed E-state index contributed by atoms with van der Waals surface area (Å²) in [5.74, 6) is -0.341. The average molecular weight is 219 g/mol. The van der Waals surface area contributed by atoms with Crippen LogP contribution in [0.15, 0.2) is 29.8 Å². The Morgan fingerprint density at radius 1 is 1.44 bits per heavy atom. The summed E-state index contributed by atoms with van der Waals surface area (Å²) in [5.41, 5.74) is 1.21. The molecule has 5 nitrogen and oxygen atoms in total. The van der Waals surface area contributed by atoms with E-state index in [-0.39, 0.29) is 11.7 Å². The highest BCUT2D eigenvalue weighted by Gasteiger charge is 2.18. The Hall–Kier alpha value is -2.17. The van der Waals surface area contributed by atoms with Crippen molar-refractivity contribution in [2.45, 2.75) is 6.42 Å².